The Labute approximate surface area is 255 Å². The highest BCUT2D eigenvalue weighted by Crippen LogP contribution is 2.55. The zero-order valence-electron chi connectivity index (χ0n) is 22.9. The molecule has 2 bridgehead atoms. The van der Waals surface area contributed by atoms with E-state index in [0.717, 1.165) is 62.7 Å². The van der Waals surface area contributed by atoms with Gasteiger partial charge in [0.15, 0.2) is 0 Å². The number of aromatic nitrogens is 8. The summed E-state index contributed by atoms with van der Waals surface area (Å²) in [6.07, 6.45) is 10.6. The summed E-state index contributed by atoms with van der Waals surface area (Å²) in [4.78, 5) is 8.90. The number of halogens is 2. The Hall–Kier alpha value is -3.87. The van der Waals surface area contributed by atoms with Gasteiger partial charge in [0.2, 0.25) is 17.5 Å². The normalized spacial score (nSPS) is 23.2. The van der Waals surface area contributed by atoms with E-state index in [2.05, 4.69) is 35.9 Å². The van der Waals surface area contributed by atoms with Crippen molar-refractivity contribution in [1.29, 1.82) is 0 Å². The molecule has 14 heteroatoms. The molecule has 4 aromatic heterocycles. The second-order valence-electron chi connectivity index (χ2n) is 11.8. The summed E-state index contributed by atoms with van der Waals surface area (Å²) in [6.45, 7) is 0.376. The number of phenolic OH excluding ortho intramolecular Hbond substituents is 1. The van der Waals surface area contributed by atoms with Crippen molar-refractivity contribution in [2.24, 2.45) is 0 Å². The molecular formula is C29H26Cl2N8O4. The van der Waals surface area contributed by atoms with E-state index in [9.17, 15) is 5.11 Å². The van der Waals surface area contributed by atoms with Crippen LogP contribution in [0.1, 0.15) is 74.5 Å². The van der Waals surface area contributed by atoms with Crippen molar-refractivity contribution < 1.29 is 18.9 Å². The lowest BCUT2D eigenvalue weighted by atomic mass is 9.58. The molecule has 0 spiro atoms. The van der Waals surface area contributed by atoms with E-state index in [4.69, 9.17) is 42.0 Å². The smallest absolute Gasteiger partial charge is 0.233 e. The van der Waals surface area contributed by atoms with E-state index >= 15 is 0 Å². The molecule has 12 nitrogen and oxygen atoms in total. The van der Waals surface area contributed by atoms with Gasteiger partial charge in [0, 0.05) is 35.0 Å². The van der Waals surface area contributed by atoms with Crippen molar-refractivity contribution in [2.45, 2.75) is 74.9 Å². The summed E-state index contributed by atoms with van der Waals surface area (Å²) in [5, 5.41) is 33.7. The van der Waals surface area contributed by atoms with Gasteiger partial charge in [-0.05, 0) is 74.8 Å². The van der Waals surface area contributed by atoms with Crippen LogP contribution in [0.4, 0.5) is 0 Å². The van der Waals surface area contributed by atoms with Crippen LogP contribution < -0.4 is 0 Å². The third kappa shape index (κ3) is 4.59. The van der Waals surface area contributed by atoms with Gasteiger partial charge in [-0.3, -0.25) is 4.98 Å². The zero-order valence-corrected chi connectivity index (χ0v) is 24.4. The fourth-order valence-corrected chi connectivity index (χ4v) is 7.11. The second-order valence-corrected chi connectivity index (χ2v) is 12.6. The quantitative estimate of drug-likeness (QED) is 0.197. The summed E-state index contributed by atoms with van der Waals surface area (Å²) < 4.78 is 18.5. The molecule has 5 aromatic rings. The molecule has 9 rings (SSSR count). The summed E-state index contributed by atoms with van der Waals surface area (Å²) in [7, 11) is 0. The molecule has 4 aliphatic carbocycles. The van der Waals surface area contributed by atoms with Gasteiger partial charge in [0.25, 0.3) is 0 Å². The number of phenols is 1. The molecule has 4 heterocycles. The number of hydrogen-bond acceptors (Lipinski definition) is 11. The Morgan fingerprint density at radius 3 is 2.44 bits per heavy atom. The number of hydrogen-bond donors (Lipinski definition) is 2. The topological polar surface area (TPSA) is 162 Å². The lowest BCUT2D eigenvalue weighted by Crippen LogP contribution is -2.49. The van der Waals surface area contributed by atoms with Gasteiger partial charge in [0.05, 0.1) is 33.2 Å². The predicted molar refractivity (Wildman–Crippen MR) is 153 cm³/mol. The minimum absolute atomic E-state index is 0.0397. The van der Waals surface area contributed by atoms with Gasteiger partial charge in [-0.15, -0.1) is 10.2 Å². The zero-order chi connectivity index (χ0) is 29.2. The number of tetrazole rings is 1. The van der Waals surface area contributed by atoms with Crippen LogP contribution in [0.25, 0.3) is 34.0 Å². The lowest BCUT2D eigenvalue weighted by Gasteiger charge is -2.51. The van der Waals surface area contributed by atoms with Crippen LogP contribution in [0, 0.1) is 0 Å². The molecule has 0 saturated heterocycles. The van der Waals surface area contributed by atoms with Crippen LogP contribution >= 0.6 is 23.2 Å². The Morgan fingerprint density at radius 2 is 1.74 bits per heavy atom. The van der Waals surface area contributed by atoms with Gasteiger partial charge >= 0.3 is 0 Å². The third-order valence-corrected chi connectivity index (χ3v) is 9.85. The first kappa shape index (κ1) is 26.7. The third-order valence-electron chi connectivity index (χ3n) is 9.28. The first-order valence-corrected chi connectivity index (χ1v) is 15.0. The molecule has 4 saturated carbocycles. The van der Waals surface area contributed by atoms with Crippen molar-refractivity contribution in [2.75, 3.05) is 0 Å². The van der Waals surface area contributed by atoms with E-state index in [1.54, 1.807) is 30.6 Å². The summed E-state index contributed by atoms with van der Waals surface area (Å²) in [5.41, 5.74) is 2.87. The maximum atomic E-state index is 10.3. The van der Waals surface area contributed by atoms with Gasteiger partial charge in [-0.25, -0.2) is 0 Å². The van der Waals surface area contributed by atoms with Crippen LogP contribution in [0.3, 0.4) is 0 Å². The number of rotatable bonds is 8. The molecule has 4 fully saturated rings. The predicted octanol–water partition coefficient (Wildman–Crippen LogP) is 6.42. The first-order chi connectivity index (χ1) is 20.9. The highest BCUT2D eigenvalue weighted by atomic mass is 35.5. The van der Waals surface area contributed by atoms with E-state index in [1.807, 2.05) is 0 Å². The molecule has 0 radical (unpaired) electrons. The lowest BCUT2D eigenvalue weighted by molar-refractivity contribution is -0.130. The van der Waals surface area contributed by atoms with Crippen LogP contribution in [-0.2, 0) is 16.8 Å². The first-order valence-electron chi connectivity index (χ1n) is 14.3. The summed E-state index contributed by atoms with van der Waals surface area (Å²) >= 11 is 13.0. The number of H-pyrrole nitrogens is 1. The van der Waals surface area contributed by atoms with Gasteiger partial charge in [-0.1, -0.05) is 33.5 Å². The summed E-state index contributed by atoms with van der Waals surface area (Å²) in [5.74, 6) is 2.64. The van der Waals surface area contributed by atoms with Crippen molar-refractivity contribution in [3.05, 3.63) is 57.9 Å². The molecule has 1 aromatic carbocycles. The minimum Gasteiger partial charge on any atom is -0.507 e. The Kier molecular flexibility index (Phi) is 6.28. The van der Waals surface area contributed by atoms with Crippen molar-refractivity contribution in [3.63, 3.8) is 0 Å². The van der Waals surface area contributed by atoms with Crippen molar-refractivity contribution in [3.8, 4) is 39.8 Å². The van der Waals surface area contributed by atoms with E-state index in [0.29, 0.717) is 56.7 Å². The minimum atomic E-state index is -0.248. The molecule has 0 unspecified atom stereocenters. The van der Waals surface area contributed by atoms with E-state index < -0.39 is 0 Å². The van der Waals surface area contributed by atoms with Crippen LogP contribution in [0.5, 0.6) is 5.75 Å². The SMILES string of the molecule is Oc1ccc(-c2noc(C34CCC(OCc5c(-c6c(Cl)cncc6Cl)noc5C5CC5)(CC3)CC4)n2)cc1-c1nn[nH]n1. The molecule has 4 aliphatic rings. The maximum absolute atomic E-state index is 10.3. The van der Waals surface area contributed by atoms with Crippen molar-refractivity contribution in [1.82, 2.24) is 40.9 Å². The second kappa shape index (κ2) is 10.1. The van der Waals surface area contributed by atoms with Gasteiger partial charge < -0.3 is 18.9 Å². The highest BCUT2D eigenvalue weighted by molar-refractivity contribution is 6.38. The average molecular weight is 621 g/mol. The fraction of sp³-hybridized carbons (Fsp3) is 0.414. The Morgan fingerprint density at radius 1 is 0.977 bits per heavy atom. The molecular weight excluding hydrogens is 595 g/mol. The number of aromatic hydroxyl groups is 1. The number of fused-ring (bicyclic) bond motifs is 3. The number of ether oxygens (including phenoxy) is 1. The number of benzene rings is 1. The van der Waals surface area contributed by atoms with E-state index in [-0.39, 0.29) is 22.6 Å². The average Bonchev–Trinajstić information content (AvgIpc) is 3.39. The Bertz CT molecular complexity index is 1770. The number of nitrogens with one attached hydrogen (secondary N) is 1. The largest absolute Gasteiger partial charge is 0.507 e. The van der Waals surface area contributed by atoms with Crippen molar-refractivity contribution >= 4 is 23.2 Å². The molecule has 0 amide bonds. The number of nitrogens with zero attached hydrogens (tertiary/aromatic N) is 7. The highest BCUT2D eigenvalue weighted by Gasteiger charge is 2.53. The fourth-order valence-electron chi connectivity index (χ4n) is 6.56. The Balaban J connectivity index is 1.00. The number of aromatic amines is 1. The molecule has 0 aliphatic heterocycles. The molecule has 2 N–H and O–H groups in total. The summed E-state index contributed by atoms with van der Waals surface area (Å²) in [6, 6.07) is 5.04. The van der Waals surface area contributed by atoms with Crippen LogP contribution in [-0.4, -0.2) is 51.6 Å². The van der Waals surface area contributed by atoms with Gasteiger partial charge in [-0.2, -0.15) is 10.2 Å². The molecule has 220 valence electrons. The van der Waals surface area contributed by atoms with Crippen LogP contribution in [0.2, 0.25) is 10.0 Å². The molecule has 43 heavy (non-hydrogen) atoms. The monoisotopic (exact) mass is 620 g/mol. The van der Waals surface area contributed by atoms with Gasteiger partial charge in [0.1, 0.15) is 17.2 Å². The van der Waals surface area contributed by atoms with Crippen LogP contribution in [0.15, 0.2) is 39.6 Å². The molecule has 0 atom stereocenters. The standard InChI is InChI=1S/C29H26Cl2N8O4/c30-19-12-32-13-20(31)22(19)23-18(24(42-36-23)15-1-2-15)14-41-29-8-5-28(6-9-29,7-10-29)27-33-25(37-43-27)16-3-4-21(40)17(11-16)26-34-38-39-35-26/h3-4,11-13,15,40H,1-2,5-10,14H2,(H,34,35,38,39). The maximum Gasteiger partial charge on any atom is 0.233 e. The number of pyridine rings is 1. The van der Waals surface area contributed by atoms with E-state index in [1.165, 1.54) is 0 Å².